The summed E-state index contributed by atoms with van der Waals surface area (Å²) in [6, 6.07) is 11.6. The van der Waals surface area contributed by atoms with Gasteiger partial charge in [-0.3, -0.25) is 14.6 Å². The third-order valence-electron chi connectivity index (χ3n) is 4.32. The fourth-order valence-corrected chi connectivity index (χ4v) is 2.91. The highest BCUT2D eigenvalue weighted by molar-refractivity contribution is 5.92. The number of halogens is 1. The number of carbonyl (C=O) groups excluding carboxylic acids is 2. The first-order chi connectivity index (χ1) is 12.1. The summed E-state index contributed by atoms with van der Waals surface area (Å²) in [5.74, 6) is -0.353. The van der Waals surface area contributed by atoms with E-state index in [-0.39, 0.29) is 17.6 Å². The van der Waals surface area contributed by atoms with E-state index >= 15 is 0 Å². The maximum absolute atomic E-state index is 13.2. The fraction of sp³-hybridized carbons (Fsp3) is 0.316. The minimum atomic E-state index is -0.286. The van der Waals surface area contributed by atoms with E-state index in [4.69, 9.17) is 0 Å². The molecule has 130 valence electrons. The maximum Gasteiger partial charge on any atom is 0.272 e. The van der Waals surface area contributed by atoms with Crippen LogP contribution in [-0.2, 0) is 11.2 Å². The summed E-state index contributed by atoms with van der Waals surface area (Å²) in [7, 11) is 0. The van der Waals surface area contributed by atoms with Crippen LogP contribution in [0.5, 0.6) is 0 Å². The molecule has 1 aromatic carbocycles. The Morgan fingerprint density at radius 2 is 1.76 bits per heavy atom. The molecule has 3 rings (SSSR count). The van der Waals surface area contributed by atoms with Crippen LogP contribution < -0.4 is 0 Å². The minimum absolute atomic E-state index is 0.0363. The highest BCUT2D eigenvalue weighted by Gasteiger charge is 2.25. The molecule has 0 unspecified atom stereocenters. The summed E-state index contributed by atoms with van der Waals surface area (Å²) in [5, 5.41) is 0. The number of rotatable bonds is 4. The average Bonchev–Trinajstić information content (AvgIpc) is 2.66. The number of nitrogens with zero attached hydrogens (tertiary/aromatic N) is 3. The van der Waals surface area contributed by atoms with Gasteiger partial charge in [0, 0.05) is 38.8 Å². The molecule has 5 nitrogen and oxygen atoms in total. The molecule has 2 amide bonds. The van der Waals surface area contributed by atoms with Crippen LogP contribution >= 0.6 is 0 Å². The lowest BCUT2D eigenvalue weighted by molar-refractivity contribution is -0.132. The molecule has 0 bridgehead atoms. The van der Waals surface area contributed by atoms with Crippen LogP contribution in [0.1, 0.15) is 22.5 Å². The SMILES string of the molecule is O=C(CCc1cccc(F)c1)N1CCN(C(=O)c2ccccn2)CC1. The second-order valence-corrected chi connectivity index (χ2v) is 6.02. The van der Waals surface area contributed by atoms with Crippen molar-refractivity contribution in [3.8, 4) is 0 Å². The van der Waals surface area contributed by atoms with E-state index in [2.05, 4.69) is 4.98 Å². The molecule has 1 aliphatic rings. The molecule has 1 aliphatic heterocycles. The summed E-state index contributed by atoms with van der Waals surface area (Å²) in [5.41, 5.74) is 1.24. The van der Waals surface area contributed by atoms with Gasteiger partial charge in [-0.25, -0.2) is 4.39 Å². The number of aromatic nitrogens is 1. The van der Waals surface area contributed by atoms with Gasteiger partial charge in [-0.05, 0) is 36.2 Å². The number of hydrogen-bond donors (Lipinski definition) is 0. The molecule has 2 heterocycles. The van der Waals surface area contributed by atoms with Gasteiger partial charge >= 0.3 is 0 Å². The first-order valence-corrected chi connectivity index (χ1v) is 8.36. The summed E-state index contributed by atoms with van der Waals surface area (Å²) >= 11 is 0. The van der Waals surface area contributed by atoms with Gasteiger partial charge in [0.15, 0.2) is 0 Å². The molecule has 6 heteroatoms. The average molecular weight is 341 g/mol. The molecule has 25 heavy (non-hydrogen) atoms. The molecule has 2 aromatic rings. The predicted octanol–water partition coefficient (Wildman–Crippen LogP) is 2.14. The Hall–Kier alpha value is -2.76. The molecule has 0 aliphatic carbocycles. The van der Waals surface area contributed by atoms with Crippen molar-refractivity contribution in [2.24, 2.45) is 0 Å². The number of benzene rings is 1. The Morgan fingerprint density at radius 1 is 1.00 bits per heavy atom. The summed E-state index contributed by atoms with van der Waals surface area (Å²) in [6.45, 7) is 2.03. The molecule has 1 saturated heterocycles. The van der Waals surface area contributed by atoms with Crippen LogP contribution in [0.15, 0.2) is 48.7 Å². The highest BCUT2D eigenvalue weighted by Crippen LogP contribution is 2.11. The number of hydrogen-bond acceptors (Lipinski definition) is 3. The van der Waals surface area contributed by atoms with Gasteiger partial charge in [0.05, 0.1) is 0 Å². The second kappa shape index (κ2) is 7.88. The van der Waals surface area contributed by atoms with Crippen molar-refractivity contribution in [2.45, 2.75) is 12.8 Å². The smallest absolute Gasteiger partial charge is 0.272 e. The van der Waals surface area contributed by atoms with E-state index in [1.807, 2.05) is 6.07 Å². The van der Waals surface area contributed by atoms with Gasteiger partial charge in [-0.2, -0.15) is 0 Å². The Labute approximate surface area is 146 Å². The number of amides is 2. The van der Waals surface area contributed by atoms with Crippen LogP contribution in [0.25, 0.3) is 0 Å². The van der Waals surface area contributed by atoms with Crippen molar-refractivity contribution in [3.63, 3.8) is 0 Å². The molecule has 0 N–H and O–H groups in total. The van der Waals surface area contributed by atoms with E-state index in [1.165, 1.54) is 12.1 Å². The monoisotopic (exact) mass is 341 g/mol. The summed E-state index contributed by atoms with van der Waals surface area (Å²) in [4.78, 5) is 32.2. The molecule has 1 aromatic heterocycles. The molecular formula is C19H20FN3O2. The van der Waals surface area contributed by atoms with Gasteiger partial charge in [-0.1, -0.05) is 18.2 Å². The Bertz CT molecular complexity index is 743. The topological polar surface area (TPSA) is 53.5 Å². The number of carbonyl (C=O) groups is 2. The number of aryl methyl sites for hydroxylation is 1. The quantitative estimate of drug-likeness (QED) is 0.856. The van der Waals surface area contributed by atoms with E-state index in [1.54, 1.807) is 40.3 Å². The third-order valence-corrected chi connectivity index (χ3v) is 4.32. The van der Waals surface area contributed by atoms with Crippen LogP contribution in [-0.4, -0.2) is 52.8 Å². The van der Waals surface area contributed by atoms with E-state index in [0.29, 0.717) is 44.7 Å². The van der Waals surface area contributed by atoms with Gasteiger partial charge in [0.2, 0.25) is 5.91 Å². The third kappa shape index (κ3) is 4.41. The first kappa shape index (κ1) is 17.1. The molecule has 1 fully saturated rings. The zero-order valence-electron chi connectivity index (χ0n) is 13.9. The van der Waals surface area contributed by atoms with E-state index in [0.717, 1.165) is 5.56 Å². The van der Waals surface area contributed by atoms with Crippen LogP contribution in [0, 0.1) is 5.82 Å². The van der Waals surface area contributed by atoms with Crippen molar-refractivity contribution in [1.82, 2.24) is 14.8 Å². The zero-order chi connectivity index (χ0) is 17.6. The van der Waals surface area contributed by atoms with Crippen molar-refractivity contribution in [3.05, 3.63) is 65.7 Å². The Kier molecular flexibility index (Phi) is 5.38. The van der Waals surface area contributed by atoms with Crippen molar-refractivity contribution >= 4 is 11.8 Å². The Morgan fingerprint density at radius 3 is 2.44 bits per heavy atom. The van der Waals surface area contributed by atoms with Crippen molar-refractivity contribution < 1.29 is 14.0 Å². The standard InChI is InChI=1S/C19H20FN3O2/c20-16-5-3-4-15(14-16)7-8-18(24)22-10-12-23(13-11-22)19(25)17-6-1-2-9-21-17/h1-6,9,14H,7-8,10-13H2. The minimum Gasteiger partial charge on any atom is -0.339 e. The van der Waals surface area contributed by atoms with E-state index in [9.17, 15) is 14.0 Å². The van der Waals surface area contributed by atoms with Crippen LogP contribution in [0.2, 0.25) is 0 Å². The summed E-state index contributed by atoms with van der Waals surface area (Å²) < 4.78 is 13.2. The van der Waals surface area contributed by atoms with Gasteiger partial charge in [0.1, 0.15) is 11.5 Å². The highest BCUT2D eigenvalue weighted by atomic mass is 19.1. The van der Waals surface area contributed by atoms with Crippen LogP contribution in [0.3, 0.4) is 0 Å². The lowest BCUT2D eigenvalue weighted by Gasteiger charge is -2.34. The fourth-order valence-electron chi connectivity index (χ4n) is 2.91. The Balaban J connectivity index is 1.48. The van der Waals surface area contributed by atoms with Crippen molar-refractivity contribution in [1.29, 1.82) is 0 Å². The van der Waals surface area contributed by atoms with E-state index < -0.39 is 0 Å². The van der Waals surface area contributed by atoms with Gasteiger partial charge < -0.3 is 9.80 Å². The second-order valence-electron chi connectivity index (χ2n) is 6.02. The largest absolute Gasteiger partial charge is 0.339 e. The lowest BCUT2D eigenvalue weighted by Crippen LogP contribution is -2.50. The molecule has 0 atom stereocenters. The van der Waals surface area contributed by atoms with Gasteiger partial charge in [-0.15, -0.1) is 0 Å². The molecule has 0 spiro atoms. The lowest BCUT2D eigenvalue weighted by atomic mass is 10.1. The molecular weight excluding hydrogens is 321 g/mol. The molecule has 0 radical (unpaired) electrons. The van der Waals surface area contributed by atoms with Crippen molar-refractivity contribution in [2.75, 3.05) is 26.2 Å². The van der Waals surface area contributed by atoms with Gasteiger partial charge in [0.25, 0.3) is 5.91 Å². The summed E-state index contributed by atoms with van der Waals surface area (Å²) in [6.07, 6.45) is 2.46. The predicted molar refractivity (Wildman–Crippen MR) is 91.4 cm³/mol. The zero-order valence-corrected chi connectivity index (χ0v) is 13.9. The number of pyridine rings is 1. The molecule has 0 saturated carbocycles. The van der Waals surface area contributed by atoms with Crippen LogP contribution in [0.4, 0.5) is 4.39 Å². The maximum atomic E-state index is 13.2. The number of piperazine rings is 1. The first-order valence-electron chi connectivity index (χ1n) is 8.36. The normalized spacial score (nSPS) is 14.4.